The summed E-state index contributed by atoms with van der Waals surface area (Å²) in [5, 5.41) is 3.65. The van der Waals surface area contributed by atoms with Crippen LogP contribution in [0.3, 0.4) is 0 Å². The molecule has 0 unspecified atom stereocenters. The molecule has 4 aromatic rings. The van der Waals surface area contributed by atoms with E-state index in [9.17, 15) is 18.0 Å². The second-order valence-corrected chi connectivity index (χ2v) is 14.6. The molecule has 0 aliphatic heterocycles. The number of hydrogen-bond acceptors (Lipinski definition) is 4. The Balaban J connectivity index is 1.86. The Kier molecular flexibility index (Phi) is 12.5. The number of aryl methyl sites for hydroxylation is 2. The lowest BCUT2D eigenvalue weighted by Gasteiger charge is -2.34. The number of nitrogens with zero attached hydrogens (tertiary/aromatic N) is 2. The van der Waals surface area contributed by atoms with Crippen molar-refractivity contribution in [1.82, 2.24) is 10.2 Å². The first-order valence-electron chi connectivity index (χ1n) is 15.6. The average Bonchev–Trinajstić information content (AvgIpc) is 3.05. The molecular formula is C37H41Cl2N3O4S. The van der Waals surface area contributed by atoms with E-state index < -0.39 is 28.5 Å². The van der Waals surface area contributed by atoms with Crippen LogP contribution in [-0.4, -0.2) is 44.3 Å². The number of para-hydroxylation sites is 1. The van der Waals surface area contributed by atoms with E-state index in [0.717, 1.165) is 21.0 Å². The molecule has 0 fully saturated rings. The molecule has 4 aromatic carbocycles. The van der Waals surface area contributed by atoms with Crippen LogP contribution in [-0.2, 0) is 39.0 Å². The molecule has 1 atom stereocenters. The quantitative estimate of drug-likeness (QED) is 0.148. The van der Waals surface area contributed by atoms with Gasteiger partial charge in [0.1, 0.15) is 12.6 Å². The van der Waals surface area contributed by atoms with Crippen molar-refractivity contribution < 1.29 is 18.0 Å². The summed E-state index contributed by atoms with van der Waals surface area (Å²) in [4.78, 5) is 30.1. The molecule has 0 saturated heterocycles. The van der Waals surface area contributed by atoms with Gasteiger partial charge in [0.15, 0.2) is 0 Å². The number of rotatable bonds is 14. The molecule has 0 heterocycles. The van der Waals surface area contributed by atoms with Crippen LogP contribution in [0.5, 0.6) is 0 Å². The molecular weight excluding hydrogens is 653 g/mol. The van der Waals surface area contributed by atoms with Crippen LogP contribution in [0, 0.1) is 12.8 Å². The molecule has 47 heavy (non-hydrogen) atoms. The number of carbonyl (C=O) groups is 2. The lowest BCUT2D eigenvalue weighted by molar-refractivity contribution is -0.140. The smallest absolute Gasteiger partial charge is 0.264 e. The van der Waals surface area contributed by atoms with Gasteiger partial charge in [-0.3, -0.25) is 13.9 Å². The first kappa shape index (κ1) is 36.0. The van der Waals surface area contributed by atoms with E-state index in [-0.39, 0.29) is 29.7 Å². The first-order valence-corrected chi connectivity index (χ1v) is 17.8. The van der Waals surface area contributed by atoms with Crippen LogP contribution in [0.25, 0.3) is 0 Å². The summed E-state index contributed by atoms with van der Waals surface area (Å²) < 4.78 is 29.8. The van der Waals surface area contributed by atoms with Gasteiger partial charge in [0, 0.05) is 35.1 Å². The number of hydrogen-bond donors (Lipinski definition) is 1. The summed E-state index contributed by atoms with van der Waals surface area (Å²) in [5.74, 6) is -0.775. The second kappa shape index (κ2) is 16.3. The van der Waals surface area contributed by atoms with Gasteiger partial charge in [0.05, 0.1) is 10.6 Å². The van der Waals surface area contributed by atoms with E-state index in [2.05, 4.69) is 5.32 Å². The van der Waals surface area contributed by atoms with E-state index in [0.29, 0.717) is 34.3 Å². The number of amides is 2. The monoisotopic (exact) mass is 693 g/mol. The van der Waals surface area contributed by atoms with Crippen molar-refractivity contribution in [3.63, 3.8) is 0 Å². The number of halogens is 2. The molecule has 10 heteroatoms. The minimum absolute atomic E-state index is 0.0537. The van der Waals surface area contributed by atoms with Crippen molar-refractivity contribution in [2.45, 2.75) is 58.0 Å². The topological polar surface area (TPSA) is 86.8 Å². The molecule has 4 rings (SSSR count). The van der Waals surface area contributed by atoms with Gasteiger partial charge in [-0.1, -0.05) is 116 Å². The Morgan fingerprint density at radius 1 is 0.830 bits per heavy atom. The number of nitrogens with one attached hydrogen (secondary N) is 1. The average molecular weight is 695 g/mol. The fourth-order valence-corrected chi connectivity index (χ4v) is 7.20. The van der Waals surface area contributed by atoms with Gasteiger partial charge in [-0.2, -0.15) is 0 Å². The van der Waals surface area contributed by atoms with Gasteiger partial charge in [-0.05, 0) is 60.7 Å². The van der Waals surface area contributed by atoms with Crippen molar-refractivity contribution in [2.24, 2.45) is 5.92 Å². The van der Waals surface area contributed by atoms with E-state index in [4.69, 9.17) is 23.2 Å². The van der Waals surface area contributed by atoms with Crippen LogP contribution in [0.4, 0.5) is 5.69 Å². The number of sulfonamides is 1. The minimum atomic E-state index is -4.21. The molecule has 0 radical (unpaired) electrons. The van der Waals surface area contributed by atoms with E-state index in [1.165, 1.54) is 17.0 Å². The molecule has 1 N–H and O–H groups in total. The van der Waals surface area contributed by atoms with Crippen molar-refractivity contribution >= 4 is 50.7 Å². The van der Waals surface area contributed by atoms with Gasteiger partial charge in [-0.25, -0.2) is 8.42 Å². The fourth-order valence-electron chi connectivity index (χ4n) is 5.23. The van der Waals surface area contributed by atoms with E-state index in [1.807, 2.05) is 70.2 Å². The van der Waals surface area contributed by atoms with E-state index in [1.54, 1.807) is 42.5 Å². The van der Waals surface area contributed by atoms with Gasteiger partial charge >= 0.3 is 0 Å². The van der Waals surface area contributed by atoms with E-state index >= 15 is 0 Å². The third kappa shape index (κ3) is 9.15. The molecule has 7 nitrogen and oxygen atoms in total. The normalized spacial score (nSPS) is 12.1. The highest BCUT2D eigenvalue weighted by Gasteiger charge is 2.35. The number of carbonyl (C=O) groups excluding carboxylic acids is 2. The van der Waals surface area contributed by atoms with Crippen LogP contribution in [0.2, 0.25) is 10.0 Å². The van der Waals surface area contributed by atoms with Crippen LogP contribution in [0.15, 0.2) is 102 Å². The lowest BCUT2D eigenvalue weighted by atomic mass is 10.0. The maximum atomic E-state index is 14.7. The molecule has 2 amide bonds. The zero-order valence-electron chi connectivity index (χ0n) is 27.1. The summed E-state index contributed by atoms with van der Waals surface area (Å²) >= 11 is 13.2. The van der Waals surface area contributed by atoms with Gasteiger partial charge in [-0.15, -0.1) is 0 Å². The number of anilines is 1. The molecule has 248 valence electrons. The maximum absolute atomic E-state index is 14.7. The Labute approximate surface area is 288 Å². The largest absolute Gasteiger partial charge is 0.354 e. The highest BCUT2D eigenvalue weighted by atomic mass is 35.5. The molecule has 0 aromatic heterocycles. The maximum Gasteiger partial charge on any atom is 0.264 e. The van der Waals surface area contributed by atoms with Gasteiger partial charge < -0.3 is 10.2 Å². The zero-order chi connectivity index (χ0) is 34.1. The summed E-state index contributed by atoms with van der Waals surface area (Å²) in [6.45, 7) is 7.50. The van der Waals surface area contributed by atoms with Gasteiger partial charge in [0.2, 0.25) is 11.8 Å². The van der Waals surface area contributed by atoms with Crippen molar-refractivity contribution in [1.29, 1.82) is 0 Å². The zero-order valence-corrected chi connectivity index (χ0v) is 29.4. The molecule has 0 spiro atoms. The summed E-state index contributed by atoms with van der Waals surface area (Å²) in [7, 11) is -4.21. The second-order valence-electron chi connectivity index (χ2n) is 11.9. The summed E-state index contributed by atoms with van der Waals surface area (Å²) in [6.07, 6.45) is 0.728. The summed E-state index contributed by atoms with van der Waals surface area (Å²) in [5.41, 5.74) is 3.34. The fraction of sp³-hybridized carbons (Fsp3) is 0.297. The minimum Gasteiger partial charge on any atom is -0.354 e. The molecule has 0 aliphatic rings. The predicted octanol–water partition coefficient (Wildman–Crippen LogP) is 7.47. The highest BCUT2D eigenvalue weighted by molar-refractivity contribution is 7.92. The Hall–Kier alpha value is -3.85. The van der Waals surface area contributed by atoms with Crippen molar-refractivity contribution in [2.75, 3.05) is 17.4 Å². The standard InChI is InChI=1S/C37H41Cl2N3O4S/c1-5-29-14-9-10-17-34(29)42(47(45,46)30-20-18-27(4)19-21-30)25-36(43)41(24-31-32(38)15-11-16-33(31)39)35(37(44)40-23-26(2)3)22-28-12-7-6-8-13-28/h6-21,26,35H,5,22-25H2,1-4H3,(H,40,44)/t35-/m1/s1. The summed E-state index contributed by atoms with van der Waals surface area (Å²) in [6, 6.07) is 27.1. The Morgan fingerprint density at radius 2 is 1.45 bits per heavy atom. The van der Waals surface area contributed by atoms with Crippen LogP contribution < -0.4 is 9.62 Å². The van der Waals surface area contributed by atoms with Crippen LogP contribution >= 0.6 is 23.2 Å². The highest BCUT2D eigenvalue weighted by Crippen LogP contribution is 2.30. The van der Waals surface area contributed by atoms with Crippen molar-refractivity contribution in [3.8, 4) is 0 Å². The third-order valence-corrected chi connectivity index (χ3v) is 10.4. The van der Waals surface area contributed by atoms with Gasteiger partial charge in [0.25, 0.3) is 10.0 Å². The lowest BCUT2D eigenvalue weighted by Crippen LogP contribution is -2.54. The molecule has 0 aliphatic carbocycles. The molecule has 0 bridgehead atoms. The molecule has 0 saturated carbocycles. The SMILES string of the molecule is CCc1ccccc1N(CC(=O)N(Cc1c(Cl)cccc1Cl)[C@H](Cc1ccccc1)C(=O)NCC(C)C)S(=O)(=O)c1ccc(C)cc1. The Bertz CT molecular complexity index is 1760. The first-order chi connectivity index (χ1) is 22.4. The predicted molar refractivity (Wildman–Crippen MR) is 190 cm³/mol. The third-order valence-electron chi connectivity index (χ3n) is 7.87. The van der Waals surface area contributed by atoms with Crippen molar-refractivity contribution in [3.05, 3.63) is 129 Å². The number of benzene rings is 4. The Morgan fingerprint density at radius 3 is 2.06 bits per heavy atom. The van der Waals surface area contributed by atoms with Crippen LogP contribution in [0.1, 0.15) is 43.0 Å².